The highest BCUT2D eigenvalue weighted by atomic mass is 32.1. The van der Waals surface area contributed by atoms with Crippen LogP contribution in [0.15, 0.2) is 36.7 Å². The van der Waals surface area contributed by atoms with Crippen molar-refractivity contribution in [3.63, 3.8) is 0 Å². The van der Waals surface area contributed by atoms with Gasteiger partial charge in [0.1, 0.15) is 0 Å². The topological polar surface area (TPSA) is 34.6 Å². The van der Waals surface area contributed by atoms with E-state index in [9.17, 15) is 0 Å². The van der Waals surface area contributed by atoms with Crippen LogP contribution in [0.4, 0.5) is 0 Å². The molecule has 3 atom stereocenters. The van der Waals surface area contributed by atoms with Crippen LogP contribution in [0.2, 0.25) is 0 Å². The minimum atomic E-state index is 0.168. The highest BCUT2D eigenvalue weighted by Crippen LogP contribution is 2.34. The van der Waals surface area contributed by atoms with Crippen molar-refractivity contribution in [2.24, 2.45) is 0 Å². The third-order valence-corrected chi connectivity index (χ3v) is 6.00. The second-order valence-electron chi connectivity index (χ2n) is 6.67. The lowest BCUT2D eigenvalue weighted by atomic mass is 10.1. The highest BCUT2D eigenvalue weighted by Gasteiger charge is 2.43. The zero-order valence-corrected chi connectivity index (χ0v) is 14.9. The van der Waals surface area contributed by atoms with Crippen LogP contribution in [0.1, 0.15) is 28.2 Å². The molecule has 0 aromatic carbocycles. The van der Waals surface area contributed by atoms with Crippen molar-refractivity contribution >= 4 is 11.3 Å². The van der Waals surface area contributed by atoms with E-state index in [0.717, 1.165) is 32.5 Å². The summed E-state index contributed by atoms with van der Waals surface area (Å²) in [5.41, 5.74) is 1.18. The van der Waals surface area contributed by atoms with Gasteiger partial charge in [0.05, 0.1) is 25.4 Å². The number of ether oxygens (including phenoxy) is 2. The first-order valence-corrected chi connectivity index (χ1v) is 9.53. The minimum absolute atomic E-state index is 0.168. The summed E-state index contributed by atoms with van der Waals surface area (Å²) >= 11 is 1.90. The fraction of sp³-hybridized carbons (Fsp3) is 0.526. The van der Waals surface area contributed by atoms with E-state index in [-0.39, 0.29) is 12.2 Å². The lowest BCUT2D eigenvalue weighted by Crippen LogP contribution is -2.42. The smallest absolute Gasteiger partial charge is 0.0995 e. The van der Waals surface area contributed by atoms with Crippen LogP contribution in [-0.2, 0) is 22.6 Å². The second-order valence-corrected chi connectivity index (χ2v) is 8.04. The second kappa shape index (κ2) is 7.31. The summed E-state index contributed by atoms with van der Waals surface area (Å²) in [5, 5.41) is 0. The molecule has 5 heteroatoms. The first kappa shape index (κ1) is 16.2. The molecule has 1 aliphatic carbocycles. The van der Waals surface area contributed by atoms with Crippen molar-refractivity contribution in [1.82, 2.24) is 9.88 Å². The van der Waals surface area contributed by atoms with E-state index in [2.05, 4.69) is 28.9 Å². The number of rotatable bonds is 5. The molecule has 4 rings (SSSR count). The number of thiophene rings is 1. The summed E-state index contributed by atoms with van der Waals surface area (Å²) < 4.78 is 12.4. The zero-order chi connectivity index (χ0) is 16.4. The summed E-state index contributed by atoms with van der Waals surface area (Å²) in [6.07, 6.45) is 6.32. The average Bonchev–Trinajstić information content (AvgIpc) is 3.13. The SMILES string of the molecule is Cc1ccc(CN2CCO[C@H]3CC[C@H]2[C@H]3OCc2ccncc2)s1. The van der Waals surface area contributed by atoms with E-state index in [1.54, 1.807) is 0 Å². The number of nitrogens with zero attached hydrogens (tertiary/aromatic N) is 2. The van der Waals surface area contributed by atoms with Crippen LogP contribution >= 0.6 is 11.3 Å². The molecule has 0 unspecified atom stereocenters. The Labute approximate surface area is 147 Å². The van der Waals surface area contributed by atoms with Crippen molar-refractivity contribution in [2.45, 2.75) is 51.2 Å². The molecule has 0 amide bonds. The van der Waals surface area contributed by atoms with Crippen LogP contribution in [0.3, 0.4) is 0 Å². The molecule has 1 saturated heterocycles. The molecule has 128 valence electrons. The molecule has 2 aliphatic rings. The van der Waals surface area contributed by atoms with Gasteiger partial charge in [-0.2, -0.15) is 0 Å². The number of hydrogen-bond acceptors (Lipinski definition) is 5. The van der Waals surface area contributed by atoms with E-state index < -0.39 is 0 Å². The van der Waals surface area contributed by atoms with Crippen molar-refractivity contribution < 1.29 is 9.47 Å². The number of pyridine rings is 1. The van der Waals surface area contributed by atoms with Gasteiger partial charge in [0, 0.05) is 41.3 Å². The molecule has 2 aromatic rings. The number of aromatic nitrogens is 1. The van der Waals surface area contributed by atoms with Crippen molar-refractivity contribution in [3.8, 4) is 0 Å². The lowest BCUT2D eigenvalue weighted by molar-refractivity contribution is -0.0613. The van der Waals surface area contributed by atoms with Gasteiger partial charge in [0.15, 0.2) is 0 Å². The Bertz CT molecular complexity index is 660. The standard InChI is InChI=1S/C19H24N2O2S/c1-14-2-3-16(24-14)12-21-10-11-22-18-5-4-17(21)19(18)23-13-15-6-8-20-9-7-15/h2-3,6-9,17-19H,4-5,10-13H2,1H3/t17-,18-,19+/m0/s1. The zero-order valence-electron chi connectivity index (χ0n) is 14.1. The Morgan fingerprint density at radius 2 is 2.12 bits per heavy atom. The van der Waals surface area contributed by atoms with Gasteiger partial charge in [-0.1, -0.05) is 0 Å². The molecule has 0 N–H and O–H groups in total. The van der Waals surface area contributed by atoms with Gasteiger partial charge in [0.25, 0.3) is 0 Å². The molecule has 24 heavy (non-hydrogen) atoms. The summed E-state index contributed by atoms with van der Waals surface area (Å²) in [6.45, 7) is 5.61. The van der Waals surface area contributed by atoms with Crippen LogP contribution in [0, 0.1) is 6.92 Å². The number of fused-ring (bicyclic) bond motifs is 2. The van der Waals surface area contributed by atoms with Crippen LogP contribution in [0.5, 0.6) is 0 Å². The Kier molecular flexibility index (Phi) is 4.94. The largest absolute Gasteiger partial charge is 0.374 e. The van der Waals surface area contributed by atoms with Gasteiger partial charge < -0.3 is 9.47 Å². The molecule has 4 nitrogen and oxygen atoms in total. The Hall–Kier alpha value is -1.27. The third kappa shape index (κ3) is 3.54. The maximum atomic E-state index is 6.32. The quantitative estimate of drug-likeness (QED) is 0.833. The molecule has 2 aromatic heterocycles. The fourth-order valence-corrected chi connectivity index (χ4v) is 4.74. The average molecular weight is 344 g/mol. The van der Waals surface area contributed by atoms with Gasteiger partial charge in [-0.05, 0) is 49.6 Å². The molecule has 3 heterocycles. The summed E-state index contributed by atoms with van der Waals surface area (Å²) in [5.74, 6) is 0. The third-order valence-electron chi connectivity index (χ3n) is 5.02. The van der Waals surface area contributed by atoms with Crippen molar-refractivity contribution in [3.05, 3.63) is 52.0 Å². The van der Waals surface area contributed by atoms with E-state index in [1.165, 1.54) is 15.3 Å². The predicted molar refractivity (Wildman–Crippen MR) is 95.0 cm³/mol. The van der Waals surface area contributed by atoms with Gasteiger partial charge in [-0.3, -0.25) is 9.88 Å². The maximum absolute atomic E-state index is 6.32. The van der Waals surface area contributed by atoms with Gasteiger partial charge in [0.2, 0.25) is 0 Å². The molecule has 0 spiro atoms. The van der Waals surface area contributed by atoms with Crippen molar-refractivity contribution in [2.75, 3.05) is 13.2 Å². The molecule has 1 saturated carbocycles. The normalized spacial score (nSPS) is 27.3. The lowest BCUT2D eigenvalue weighted by Gasteiger charge is -2.30. The fourth-order valence-electron chi connectivity index (χ4n) is 3.82. The van der Waals surface area contributed by atoms with Gasteiger partial charge in [-0.25, -0.2) is 0 Å². The molecular weight excluding hydrogens is 320 g/mol. The van der Waals surface area contributed by atoms with E-state index in [1.807, 2.05) is 35.9 Å². The summed E-state index contributed by atoms with van der Waals surface area (Å²) in [6, 6.07) is 8.97. The van der Waals surface area contributed by atoms with Crippen LogP contribution < -0.4 is 0 Å². The van der Waals surface area contributed by atoms with Gasteiger partial charge >= 0.3 is 0 Å². The van der Waals surface area contributed by atoms with E-state index >= 15 is 0 Å². The number of aryl methyl sites for hydroxylation is 1. The van der Waals surface area contributed by atoms with E-state index in [4.69, 9.17) is 9.47 Å². The molecule has 1 aliphatic heterocycles. The highest BCUT2D eigenvalue weighted by molar-refractivity contribution is 7.11. The minimum Gasteiger partial charge on any atom is -0.374 e. The first-order valence-electron chi connectivity index (χ1n) is 8.71. The summed E-state index contributed by atoms with van der Waals surface area (Å²) in [4.78, 5) is 9.45. The number of hydrogen-bond donors (Lipinski definition) is 0. The summed E-state index contributed by atoms with van der Waals surface area (Å²) in [7, 11) is 0. The molecule has 0 radical (unpaired) electrons. The monoisotopic (exact) mass is 344 g/mol. The first-order chi connectivity index (χ1) is 11.8. The molecule has 2 fully saturated rings. The molecular formula is C19H24N2O2S. The van der Waals surface area contributed by atoms with Crippen LogP contribution in [-0.4, -0.2) is 41.3 Å². The van der Waals surface area contributed by atoms with Gasteiger partial charge in [-0.15, -0.1) is 11.3 Å². The van der Waals surface area contributed by atoms with Crippen molar-refractivity contribution in [1.29, 1.82) is 0 Å². The Morgan fingerprint density at radius 3 is 2.92 bits per heavy atom. The Balaban J connectivity index is 1.45. The van der Waals surface area contributed by atoms with Crippen LogP contribution in [0.25, 0.3) is 0 Å². The Morgan fingerprint density at radius 1 is 1.25 bits per heavy atom. The molecule has 2 bridgehead atoms. The maximum Gasteiger partial charge on any atom is 0.0995 e. The predicted octanol–water partition coefficient (Wildman–Crippen LogP) is 3.40. The van der Waals surface area contributed by atoms with E-state index in [0.29, 0.717) is 12.6 Å².